The molecule has 2 fully saturated rings. The Bertz CT molecular complexity index is 663. The number of amides is 2. The number of hydrogen-bond donors (Lipinski definition) is 0. The fourth-order valence-corrected chi connectivity index (χ4v) is 5.18. The molecule has 0 saturated carbocycles. The van der Waals surface area contributed by atoms with Gasteiger partial charge in [-0.3, -0.25) is 14.5 Å². The molecule has 0 aliphatic carbocycles. The normalized spacial score (nSPS) is 20.5. The molecular formula is C13H14N2O4S2. The summed E-state index contributed by atoms with van der Waals surface area (Å²) < 4.78 is 26.2. The van der Waals surface area contributed by atoms with E-state index in [-0.39, 0.29) is 29.6 Å². The third kappa shape index (κ3) is 2.58. The molecule has 0 atom stereocenters. The van der Waals surface area contributed by atoms with Crippen LogP contribution in [0.3, 0.4) is 0 Å². The van der Waals surface area contributed by atoms with Gasteiger partial charge in [0.25, 0.3) is 0 Å². The standard InChI is InChI=1S/C13H14N2O4S2/c16-12-5-6-13(17)15(12)10-1-3-11(4-2-10)21(18,19)14-7-8-20-9-14/h1-4H,5-9H2. The summed E-state index contributed by atoms with van der Waals surface area (Å²) >= 11 is 1.58. The van der Waals surface area contributed by atoms with Gasteiger partial charge in [0.05, 0.1) is 16.5 Å². The van der Waals surface area contributed by atoms with Gasteiger partial charge in [-0.15, -0.1) is 11.8 Å². The van der Waals surface area contributed by atoms with Crippen molar-refractivity contribution in [3.05, 3.63) is 24.3 Å². The van der Waals surface area contributed by atoms with Gasteiger partial charge < -0.3 is 0 Å². The molecule has 2 saturated heterocycles. The second kappa shape index (κ2) is 5.43. The van der Waals surface area contributed by atoms with E-state index >= 15 is 0 Å². The van der Waals surface area contributed by atoms with Crippen molar-refractivity contribution in [2.75, 3.05) is 23.1 Å². The smallest absolute Gasteiger partial charge is 0.243 e. The van der Waals surface area contributed by atoms with Crippen molar-refractivity contribution in [1.29, 1.82) is 0 Å². The van der Waals surface area contributed by atoms with E-state index in [9.17, 15) is 18.0 Å². The molecule has 6 nitrogen and oxygen atoms in total. The maximum atomic E-state index is 12.4. The van der Waals surface area contributed by atoms with Crippen molar-refractivity contribution < 1.29 is 18.0 Å². The zero-order chi connectivity index (χ0) is 15.0. The fourth-order valence-electron chi connectivity index (χ4n) is 2.37. The predicted molar refractivity (Wildman–Crippen MR) is 79.4 cm³/mol. The van der Waals surface area contributed by atoms with Crippen LogP contribution in [0.1, 0.15) is 12.8 Å². The number of carbonyl (C=O) groups is 2. The number of hydrogen-bond acceptors (Lipinski definition) is 5. The first-order valence-corrected chi connectivity index (χ1v) is 9.13. The van der Waals surface area contributed by atoms with E-state index in [1.807, 2.05) is 0 Å². The molecule has 0 radical (unpaired) electrons. The number of sulfonamides is 1. The average Bonchev–Trinajstić information content (AvgIpc) is 3.10. The molecule has 0 N–H and O–H groups in total. The molecule has 8 heteroatoms. The van der Waals surface area contributed by atoms with Crippen LogP contribution < -0.4 is 4.90 Å². The molecule has 0 unspecified atom stereocenters. The minimum Gasteiger partial charge on any atom is -0.274 e. The third-order valence-corrected chi connectivity index (χ3v) is 6.49. The molecule has 3 rings (SSSR count). The molecule has 1 aromatic rings. The van der Waals surface area contributed by atoms with E-state index < -0.39 is 10.0 Å². The highest BCUT2D eigenvalue weighted by Gasteiger charge is 2.31. The molecule has 2 heterocycles. The van der Waals surface area contributed by atoms with Gasteiger partial charge >= 0.3 is 0 Å². The van der Waals surface area contributed by atoms with Crippen LogP contribution in [0.25, 0.3) is 0 Å². The van der Waals surface area contributed by atoms with Gasteiger partial charge in [0.1, 0.15) is 0 Å². The van der Waals surface area contributed by atoms with E-state index in [0.717, 1.165) is 10.7 Å². The highest BCUT2D eigenvalue weighted by Crippen LogP contribution is 2.27. The number of carbonyl (C=O) groups excluding carboxylic acids is 2. The Morgan fingerprint density at radius 1 is 1.00 bits per heavy atom. The van der Waals surface area contributed by atoms with Crippen molar-refractivity contribution >= 4 is 39.3 Å². The number of rotatable bonds is 3. The zero-order valence-electron chi connectivity index (χ0n) is 11.2. The van der Waals surface area contributed by atoms with Gasteiger partial charge in [-0.05, 0) is 24.3 Å². The Balaban J connectivity index is 1.87. The molecule has 2 aliphatic heterocycles. The molecule has 112 valence electrons. The van der Waals surface area contributed by atoms with Crippen LogP contribution in [0.5, 0.6) is 0 Å². The molecule has 21 heavy (non-hydrogen) atoms. The lowest BCUT2D eigenvalue weighted by Gasteiger charge is -2.17. The number of anilines is 1. The Morgan fingerprint density at radius 2 is 1.62 bits per heavy atom. The van der Waals surface area contributed by atoms with E-state index in [4.69, 9.17) is 0 Å². The monoisotopic (exact) mass is 326 g/mol. The Labute approximate surface area is 127 Å². The van der Waals surface area contributed by atoms with Gasteiger partial charge in [0.2, 0.25) is 21.8 Å². The molecule has 0 spiro atoms. The quantitative estimate of drug-likeness (QED) is 0.776. The van der Waals surface area contributed by atoms with Gasteiger partial charge in [0, 0.05) is 25.1 Å². The highest BCUT2D eigenvalue weighted by molar-refractivity contribution is 8.00. The lowest BCUT2D eigenvalue weighted by atomic mass is 10.3. The van der Waals surface area contributed by atoms with Crippen molar-refractivity contribution in [3.63, 3.8) is 0 Å². The summed E-state index contributed by atoms with van der Waals surface area (Å²) in [5.41, 5.74) is 0.428. The largest absolute Gasteiger partial charge is 0.274 e. The number of nitrogens with zero attached hydrogens (tertiary/aromatic N) is 2. The first-order valence-electron chi connectivity index (χ1n) is 6.54. The molecular weight excluding hydrogens is 312 g/mol. The lowest BCUT2D eigenvalue weighted by Crippen LogP contribution is -2.29. The first-order chi connectivity index (χ1) is 10.00. The second-order valence-corrected chi connectivity index (χ2v) is 7.85. The minimum absolute atomic E-state index is 0.188. The van der Waals surface area contributed by atoms with Crippen molar-refractivity contribution in [2.24, 2.45) is 0 Å². The van der Waals surface area contributed by atoms with Crippen molar-refractivity contribution in [1.82, 2.24) is 4.31 Å². The van der Waals surface area contributed by atoms with E-state index in [1.54, 1.807) is 11.8 Å². The van der Waals surface area contributed by atoms with Crippen LogP contribution in [-0.2, 0) is 19.6 Å². The number of benzene rings is 1. The predicted octanol–water partition coefficient (Wildman–Crippen LogP) is 1.03. The minimum atomic E-state index is -3.48. The first kappa shape index (κ1) is 14.6. The van der Waals surface area contributed by atoms with E-state index in [1.165, 1.54) is 28.6 Å². The summed E-state index contributed by atoms with van der Waals surface area (Å²) in [6.45, 7) is 0.512. The van der Waals surface area contributed by atoms with Gasteiger partial charge in [-0.1, -0.05) is 0 Å². The van der Waals surface area contributed by atoms with Gasteiger partial charge in [-0.25, -0.2) is 8.42 Å². The zero-order valence-corrected chi connectivity index (χ0v) is 12.8. The molecule has 0 aromatic heterocycles. The highest BCUT2D eigenvalue weighted by atomic mass is 32.2. The van der Waals surface area contributed by atoms with E-state index in [2.05, 4.69) is 0 Å². The Hall–Kier alpha value is -1.38. The van der Waals surface area contributed by atoms with Crippen LogP contribution in [0, 0.1) is 0 Å². The molecule has 0 bridgehead atoms. The lowest BCUT2D eigenvalue weighted by molar-refractivity contribution is -0.121. The summed E-state index contributed by atoms with van der Waals surface area (Å²) in [6.07, 6.45) is 0.424. The Kier molecular flexibility index (Phi) is 3.76. The molecule has 2 amide bonds. The maximum absolute atomic E-state index is 12.4. The molecule has 2 aliphatic rings. The van der Waals surface area contributed by atoms with Crippen LogP contribution in [-0.4, -0.2) is 42.7 Å². The summed E-state index contributed by atoms with van der Waals surface area (Å²) in [7, 11) is -3.48. The van der Waals surface area contributed by atoms with Gasteiger partial charge in [0.15, 0.2) is 0 Å². The summed E-state index contributed by atoms with van der Waals surface area (Å²) in [6, 6.07) is 5.92. The maximum Gasteiger partial charge on any atom is 0.243 e. The van der Waals surface area contributed by atoms with Crippen LogP contribution in [0.15, 0.2) is 29.2 Å². The summed E-state index contributed by atoms with van der Waals surface area (Å²) in [5.74, 6) is 0.777. The van der Waals surface area contributed by atoms with E-state index in [0.29, 0.717) is 18.1 Å². The number of imide groups is 1. The van der Waals surface area contributed by atoms with Crippen LogP contribution in [0.2, 0.25) is 0 Å². The summed E-state index contributed by atoms with van der Waals surface area (Å²) in [4.78, 5) is 24.6. The fraction of sp³-hybridized carbons (Fsp3) is 0.385. The SMILES string of the molecule is O=C1CCC(=O)N1c1ccc(S(=O)(=O)N2CCSC2)cc1. The van der Waals surface area contributed by atoms with Crippen molar-refractivity contribution in [2.45, 2.75) is 17.7 Å². The van der Waals surface area contributed by atoms with Crippen LogP contribution >= 0.6 is 11.8 Å². The Morgan fingerprint density at radius 3 is 2.14 bits per heavy atom. The second-order valence-electron chi connectivity index (χ2n) is 4.83. The van der Waals surface area contributed by atoms with Gasteiger partial charge in [-0.2, -0.15) is 4.31 Å². The van der Waals surface area contributed by atoms with Crippen molar-refractivity contribution in [3.8, 4) is 0 Å². The topological polar surface area (TPSA) is 74.8 Å². The summed E-state index contributed by atoms with van der Waals surface area (Å²) in [5, 5.41) is 0. The third-order valence-electron chi connectivity index (χ3n) is 3.50. The number of thioether (sulfide) groups is 1. The molecule has 1 aromatic carbocycles. The van der Waals surface area contributed by atoms with Crippen LogP contribution in [0.4, 0.5) is 5.69 Å². The average molecular weight is 326 g/mol.